The summed E-state index contributed by atoms with van der Waals surface area (Å²) in [5, 5.41) is 3.21. The molecule has 0 saturated heterocycles. The number of carbonyl (C=O) groups is 1. The molecule has 1 aromatic heterocycles. The number of benzene rings is 1. The van der Waals surface area contributed by atoms with Crippen molar-refractivity contribution >= 4 is 34.8 Å². The molecule has 0 aliphatic carbocycles. The van der Waals surface area contributed by atoms with E-state index in [1.54, 1.807) is 6.07 Å². The lowest BCUT2D eigenvalue weighted by Crippen LogP contribution is -2.14. The molecule has 1 aromatic carbocycles. The fourth-order valence-corrected chi connectivity index (χ4v) is 1.79. The Kier molecular flexibility index (Phi) is 3.79. The quantitative estimate of drug-likeness (QED) is 0.853. The van der Waals surface area contributed by atoms with Crippen molar-refractivity contribution in [2.75, 3.05) is 5.32 Å². The molecule has 0 aliphatic rings. The number of nitrogens with zero attached hydrogens (tertiary/aromatic N) is 1. The molecule has 0 unspecified atom stereocenters. The van der Waals surface area contributed by atoms with Crippen LogP contribution in [0.2, 0.25) is 10.0 Å². The highest BCUT2D eigenvalue weighted by molar-refractivity contribution is 6.36. The summed E-state index contributed by atoms with van der Waals surface area (Å²) in [5.74, 6) is -1.45. The number of carbonyl (C=O) groups excluding carboxylic acids is 1. The van der Waals surface area contributed by atoms with Crippen LogP contribution in [0, 0.1) is 5.95 Å². The molecule has 3 nitrogen and oxygen atoms in total. The lowest BCUT2D eigenvalue weighted by molar-refractivity contribution is 0.102. The maximum absolute atomic E-state index is 13.3. The van der Waals surface area contributed by atoms with E-state index >= 15 is 0 Å². The Labute approximate surface area is 113 Å². The number of hydrogen-bond donors (Lipinski definition) is 1. The highest BCUT2D eigenvalue weighted by Gasteiger charge is 2.13. The molecule has 0 fully saturated rings. The van der Waals surface area contributed by atoms with Gasteiger partial charge in [-0.1, -0.05) is 23.2 Å². The Morgan fingerprint density at radius 3 is 2.72 bits per heavy atom. The minimum Gasteiger partial charge on any atom is -0.320 e. The third-order valence-corrected chi connectivity index (χ3v) is 2.73. The highest BCUT2D eigenvalue weighted by Crippen LogP contribution is 2.25. The van der Waals surface area contributed by atoms with Gasteiger partial charge in [0.15, 0.2) is 0 Å². The van der Waals surface area contributed by atoms with Crippen LogP contribution >= 0.6 is 23.2 Å². The van der Waals surface area contributed by atoms with Crippen LogP contribution in [0.15, 0.2) is 36.5 Å². The van der Waals surface area contributed by atoms with Crippen molar-refractivity contribution in [2.45, 2.75) is 0 Å². The van der Waals surface area contributed by atoms with Gasteiger partial charge in [0.05, 0.1) is 16.3 Å². The average molecular weight is 285 g/mol. The zero-order valence-electron chi connectivity index (χ0n) is 8.95. The number of halogens is 3. The molecule has 0 radical (unpaired) electrons. The molecule has 18 heavy (non-hydrogen) atoms. The molecule has 0 spiro atoms. The van der Waals surface area contributed by atoms with Gasteiger partial charge in [-0.3, -0.25) is 4.79 Å². The topological polar surface area (TPSA) is 42.0 Å². The molecular formula is C12H7Cl2FN2O. The summed E-state index contributed by atoms with van der Waals surface area (Å²) in [6, 6.07) is 7.40. The predicted molar refractivity (Wildman–Crippen MR) is 68.6 cm³/mol. The first-order chi connectivity index (χ1) is 8.58. The normalized spacial score (nSPS) is 10.2. The summed E-state index contributed by atoms with van der Waals surface area (Å²) in [6.07, 6.45) is 1.27. The molecular weight excluding hydrogens is 278 g/mol. The van der Waals surface area contributed by atoms with E-state index in [1.807, 2.05) is 0 Å². The number of aromatic nitrogens is 1. The van der Waals surface area contributed by atoms with Crippen LogP contribution in [0.5, 0.6) is 0 Å². The van der Waals surface area contributed by atoms with Crippen molar-refractivity contribution < 1.29 is 9.18 Å². The van der Waals surface area contributed by atoms with Crippen LogP contribution in [0.4, 0.5) is 10.1 Å². The molecule has 1 heterocycles. The standard InChI is InChI=1S/C12H7Cl2FN2O/c13-7-3-4-10(9(14)6-7)17-12(18)8-2-1-5-16-11(8)15/h1-6H,(H,17,18). The zero-order chi connectivity index (χ0) is 13.1. The van der Waals surface area contributed by atoms with Gasteiger partial charge in [0.25, 0.3) is 5.91 Å². The van der Waals surface area contributed by atoms with E-state index in [9.17, 15) is 9.18 Å². The van der Waals surface area contributed by atoms with Crippen LogP contribution in [0.1, 0.15) is 10.4 Å². The van der Waals surface area contributed by atoms with Crippen LogP contribution in [-0.4, -0.2) is 10.9 Å². The third kappa shape index (κ3) is 2.78. The van der Waals surface area contributed by atoms with E-state index < -0.39 is 11.9 Å². The highest BCUT2D eigenvalue weighted by atomic mass is 35.5. The Balaban J connectivity index is 2.24. The minimum atomic E-state index is -0.833. The zero-order valence-corrected chi connectivity index (χ0v) is 10.5. The van der Waals surface area contributed by atoms with Crippen molar-refractivity contribution in [3.63, 3.8) is 0 Å². The van der Waals surface area contributed by atoms with Crippen LogP contribution in [0.3, 0.4) is 0 Å². The Hall–Kier alpha value is -1.65. The van der Waals surface area contributed by atoms with E-state index in [0.29, 0.717) is 10.7 Å². The Bertz CT molecular complexity index is 604. The second kappa shape index (κ2) is 5.33. The maximum atomic E-state index is 13.3. The van der Waals surface area contributed by atoms with Crippen LogP contribution in [-0.2, 0) is 0 Å². The summed E-state index contributed by atoms with van der Waals surface area (Å²) >= 11 is 11.6. The number of hydrogen-bond acceptors (Lipinski definition) is 2. The lowest BCUT2D eigenvalue weighted by Gasteiger charge is -2.07. The number of amides is 1. The molecule has 0 aliphatic heterocycles. The Morgan fingerprint density at radius 2 is 2.06 bits per heavy atom. The summed E-state index contributed by atoms with van der Waals surface area (Å²) < 4.78 is 13.3. The van der Waals surface area contributed by atoms with Crippen LogP contribution < -0.4 is 5.32 Å². The van der Waals surface area contributed by atoms with Gasteiger partial charge in [-0.25, -0.2) is 4.98 Å². The van der Waals surface area contributed by atoms with Crippen molar-refractivity contribution in [1.29, 1.82) is 0 Å². The molecule has 1 N–H and O–H groups in total. The van der Waals surface area contributed by atoms with Gasteiger partial charge >= 0.3 is 0 Å². The smallest absolute Gasteiger partial charge is 0.260 e. The second-order valence-electron chi connectivity index (χ2n) is 3.42. The number of rotatable bonds is 2. The maximum Gasteiger partial charge on any atom is 0.260 e. The molecule has 0 saturated carbocycles. The first-order valence-electron chi connectivity index (χ1n) is 4.95. The lowest BCUT2D eigenvalue weighted by atomic mass is 10.2. The molecule has 6 heteroatoms. The molecule has 2 rings (SSSR count). The van der Waals surface area contributed by atoms with E-state index in [1.165, 1.54) is 30.5 Å². The van der Waals surface area contributed by atoms with Crippen molar-refractivity contribution in [1.82, 2.24) is 4.98 Å². The monoisotopic (exact) mass is 284 g/mol. The van der Waals surface area contributed by atoms with Crippen molar-refractivity contribution in [2.24, 2.45) is 0 Å². The molecule has 92 valence electrons. The number of anilines is 1. The average Bonchev–Trinajstić information content (AvgIpc) is 2.33. The van der Waals surface area contributed by atoms with Gasteiger partial charge in [0.2, 0.25) is 5.95 Å². The summed E-state index contributed by atoms with van der Waals surface area (Å²) in [5.41, 5.74) is 0.206. The van der Waals surface area contributed by atoms with Gasteiger partial charge in [-0.2, -0.15) is 4.39 Å². The van der Waals surface area contributed by atoms with Gasteiger partial charge in [-0.05, 0) is 30.3 Å². The predicted octanol–water partition coefficient (Wildman–Crippen LogP) is 3.78. The summed E-state index contributed by atoms with van der Waals surface area (Å²) in [4.78, 5) is 15.2. The molecule has 1 amide bonds. The second-order valence-corrected chi connectivity index (χ2v) is 4.26. The van der Waals surface area contributed by atoms with Gasteiger partial charge in [0.1, 0.15) is 0 Å². The number of nitrogens with one attached hydrogen (secondary N) is 1. The summed E-state index contributed by atoms with van der Waals surface area (Å²) in [6.45, 7) is 0. The Morgan fingerprint density at radius 1 is 1.28 bits per heavy atom. The van der Waals surface area contributed by atoms with E-state index in [-0.39, 0.29) is 10.6 Å². The molecule has 2 aromatic rings. The minimum absolute atomic E-state index is 0.150. The van der Waals surface area contributed by atoms with E-state index in [2.05, 4.69) is 10.3 Å². The first-order valence-corrected chi connectivity index (χ1v) is 5.70. The fourth-order valence-electron chi connectivity index (χ4n) is 1.34. The molecule has 0 atom stereocenters. The number of pyridine rings is 1. The first kappa shape index (κ1) is 12.8. The summed E-state index contributed by atoms with van der Waals surface area (Å²) in [7, 11) is 0. The van der Waals surface area contributed by atoms with Crippen LogP contribution in [0.25, 0.3) is 0 Å². The van der Waals surface area contributed by atoms with E-state index in [4.69, 9.17) is 23.2 Å². The van der Waals surface area contributed by atoms with Gasteiger partial charge in [-0.15, -0.1) is 0 Å². The van der Waals surface area contributed by atoms with Crippen molar-refractivity contribution in [3.8, 4) is 0 Å². The largest absolute Gasteiger partial charge is 0.320 e. The van der Waals surface area contributed by atoms with Gasteiger partial charge in [0, 0.05) is 11.2 Å². The van der Waals surface area contributed by atoms with Gasteiger partial charge < -0.3 is 5.32 Å². The molecule has 0 bridgehead atoms. The van der Waals surface area contributed by atoms with Crippen molar-refractivity contribution in [3.05, 3.63) is 58.1 Å². The van der Waals surface area contributed by atoms with E-state index in [0.717, 1.165) is 0 Å². The fraction of sp³-hybridized carbons (Fsp3) is 0. The third-order valence-electron chi connectivity index (χ3n) is 2.18. The SMILES string of the molecule is O=C(Nc1ccc(Cl)cc1Cl)c1cccnc1F.